The molecule has 1 aromatic rings. The molecular formula is C12H18N2O. The van der Waals surface area contributed by atoms with Gasteiger partial charge in [-0.2, -0.15) is 0 Å². The third-order valence-corrected chi connectivity index (χ3v) is 3.11. The van der Waals surface area contributed by atoms with Crippen LogP contribution >= 0.6 is 0 Å². The number of nitrogens with one attached hydrogen (secondary N) is 1. The Labute approximate surface area is 90.5 Å². The van der Waals surface area contributed by atoms with Crippen LogP contribution in [0.5, 0.6) is 0 Å². The molecule has 0 radical (unpaired) electrons. The molecule has 0 unspecified atom stereocenters. The molecule has 3 nitrogen and oxygen atoms in total. The maximum Gasteiger partial charge on any atom is 0.0546 e. The maximum absolute atomic E-state index is 9.14. The molecule has 0 saturated heterocycles. The van der Waals surface area contributed by atoms with E-state index in [0.717, 1.165) is 25.9 Å². The van der Waals surface area contributed by atoms with Crippen molar-refractivity contribution in [2.24, 2.45) is 5.92 Å². The molecule has 2 N–H and O–H groups in total. The number of rotatable bonds is 4. The summed E-state index contributed by atoms with van der Waals surface area (Å²) in [6.45, 7) is 3.99. The average Bonchev–Trinajstić information content (AvgIpc) is 2.18. The second kappa shape index (κ2) is 4.73. The van der Waals surface area contributed by atoms with Gasteiger partial charge in [-0.3, -0.25) is 4.98 Å². The van der Waals surface area contributed by atoms with E-state index in [2.05, 4.69) is 17.2 Å². The van der Waals surface area contributed by atoms with Gasteiger partial charge in [0.05, 0.1) is 6.10 Å². The van der Waals surface area contributed by atoms with Crippen LogP contribution in [0.1, 0.15) is 24.0 Å². The Balaban J connectivity index is 1.72. The molecule has 15 heavy (non-hydrogen) atoms. The van der Waals surface area contributed by atoms with E-state index in [0.29, 0.717) is 5.92 Å². The number of aliphatic hydroxyl groups excluding tert-OH is 1. The zero-order valence-corrected chi connectivity index (χ0v) is 9.11. The molecule has 1 fully saturated rings. The first kappa shape index (κ1) is 10.6. The Morgan fingerprint density at radius 1 is 1.53 bits per heavy atom. The summed E-state index contributed by atoms with van der Waals surface area (Å²) in [5.74, 6) is 0.664. The van der Waals surface area contributed by atoms with Crippen molar-refractivity contribution >= 4 is 0 Å². The number of nitrogens with zero attached hydrogens (tertiary/aromatic N) is 1. The fraction of sp³-hybridized carbons (Fsp3) is 0.583. The lowest BCUT2D eigenvalue weighted by molar-refractivity contribution is 0.0429. The fourth-order valence-corrected chi connectivity index (χ4v) is 1.96. The summed E-state index contributed by atoms with van der Waals surface area (Å²) in [4.78, 5) is 4.11. The Morgan fingerprint density at radius 2 is 2.33 bits per heavy atom. The quantitative estimate of drug-likeness (QED) is 0.779. The molecule has 1 saturated carbocycles. The van der Waals surface area contributed by atoms with Crippen LogP contribution in [-0.2, 0) is 6.54 Å². The summed E-state index contributed by atoms with van der Waals surface area (Å²) in [5.41, 5.74) is 2.54. The minimum atomic E-state index is -0.0445. The predicted molar refractivity (Wildman–Crippen MR) is 59.4 cm³/mol. The molecule has 1 aromatic heterocycles. The summed E-state index contributed by atoms with van der Waals surface area (Å²) in [6.07, 6.45) is 5.61. The van der Waals surface area contributed by atoms with Gasteiger partial charge < -0.3 is 10.4 Å². The third-order valence-electron chi connectivity index (χ3n) is 3.11. The predicted octanol–water partition coefficient (Wildman–Crippen LogP) is 1.25. The van der Waals surface area contributed by atoms with Crippen molar-refractivity contribution in [3.05, 3.63) is 29.6 Å². The Hall–Kier alpha value is -0.930. The SMILES string of the molecule is Cc1ccncc1CNCC1CC(O)C1. The standard InChI is InChI=1S/C12H18N2O/c1-9-2-3-13-7-11(9)8-14-6-10-4-12(15)5-10/h2-3,7,10,12,14-15H,4-6,8H2,1H3. The summed E-state index contributed by atoms with van der Waals surface area (Å²) in [5, 5.41) is 12.6. The van der Waals surface area contributed by atoms with E-state index in [4.69, 9.17) is 5.11 Å². The zero-order valence-electron chi connectivity index (χ0n) is 9.11. The van der Waals surface area contributed by atoms with E-state index in [1.165, 1.54) is 11.1 Å². The number of hydrogen-bond acceptors (Lipinski definition) is 3. The minimum Gasteiger partial charge on any atom is -0.393 e. The van der Waals surface area contributed by atoms with Gasteiger partial charge in [-0.15, -0.1) is 0 Å². The van der Waals surface area contributed by atoms with Crippen LogP contribution < -0.4 is 5.32 Å². The van der Waals surface area contributed by atoms with Crippen molar-refractivity contribution in [1.29, 1.82) is 0 Å². The first-order valence-electron chi connectivity index (χ1n) is 5.54. The lowest BCUT2D eigenvalue weighted by atomic mass is 9.82. The van der Waals surface area contributed by atoms with Crippen LogP contribution in [0, 0.1) is 12.8 Å². The lowest BCUT2D eigenvalue weighted by Crippen LogP contribution is -2.35. The molecule has 0 amide bonds. The van der Waals surface area contributed by atoms with Gasteiger partial charge in [-0.25, -0.2) is 0 Å². The Morgan fingerprint density at radius 3 is 3.00 bits per heavy atom. The molecule has 0 spiro atoms. The molecule has 1 aliphatic carbocycles. The van der Waals surface area contributed by atoms with E-state index >= 15 is 0 Å². The van der Waals surface area contributed by atoms with Gasteiger partial charge in [0.15, 0.2) is 0 Å². The fourth-order valence-electron chi connectivity index (χ4n) is 1.96. The summed E-state index contributed by atoms with van der Waals surface area (Å²) in [6, 6.07) is 2.03. The smallest absolute Gasteiger partial charge is 0.0546 e. The Kier molecular flexibility index (Phi) is 3.34. The maximum atomic E-state index is 9.14. The van der Waals surface area contributed by atoms with Crippen LogP contribution in [-0.4, -0.2) is 22.7 Å². The van der Waals surface area contributed by atoms with E-state index in [1.54, 1.807) is 0 Å². The highest BCUT2D eigenvalue weighted by Gasteiger charge is 2.26. The normalized spacial score (nSPS) is 24.9. The number of aromatic nitrogens is 1. The molecule has 0 atom stereocenters. The molecule has 2 rings (SSSR count). The van der Waals surface area contributed by atoms with Gasteiger partial charge in [-0.05, 0) is 49.4 Å². The number of aryl methyl sites for hydroxylation is 1. The molecule has 3 heteroatoms. The van der Waals surface area contributed by atoms with E-state index in [9.17, 15) is 0 Å². The largest absolute Gasteiger partial charge is 0.393 e. The second-order valence-electron chi connectivity index (χ2n) is 4.42. The van der Waals surface area contributed by atoms with Crippen LogP contribution in [0.15, 0.2) is 18.5 Å². The van der Waals surface area contributed by atoms with Crippen LogP contribution in [0.25, 0.3) is 0 Å². The number of pyridine rings is 1. The van der Waals surface area contributed by atoms with Crippen molar-refractivity contribution < 1.29 is 5.11 Å². The number of hydrogen-bond donors (Lipinski definition) is 2. The third kappa shape index (κ3) is 2.76. The van der Waals surface area contributed by atoms with Gasteiger partial charge in [-0.1, -0.05) is 0 Å². The molecule has 0 aliphatic heterocycles. The molecular weight excluding hydrogens is 188 g/mol. The Bertz CT molecular complexity index is 321. The van der Waals surface area contributed by atoms with Crippen molar-refractivity contribution in [3.8, 4) is 0 Å². The van der Waals surface area contributed by atoms with E-state index in [1.807, 2.05) is 18.5 Å². The highest BCUT2D eigenvalue weighted by molar-refractivity contribution is 5.20. The summed E-state index contributed by atoms with van der Waals surface area (Å²) in [7, 11) is 0. The topological polar surface area (TPSA) is 45.2 Å². The summed E-state index contributed by atoms with van der Waals surface area (Å²) >= 11 is 0. The molecule has 0 bridgehead atoms. The van der Waals surface area contributed by atoms with Crippen molar-refractivity contribution in [1.82, 2.24) is 10.3 Å². The molecule has 0 aromatic carbocycles. The van der Waals surface area contributed by atoms with Gasteiger partial charge in [0.1, 0.15) is 0 Å². The minimum absolute atomic E-state index is 0.0445. The van der Waals surface area contributed by atoms with Gasteiger partial charge in [0.2, 0.25) is 0 Å². The van der Waals surface area contributed by atoms with Crippen LogP contribution in [0.4, 0.5) is 0 Å². The zero-order chi connectivity index (χ0) is 10.7. The highest BCUT2D eigenvalue weighted by Crippen LogP contribution is 2.26. The van der Waals surface area contributed by atoms with E-state index in [-0.39, 0.29) is 6.10 Å². The highest BCUT2D eigenvalue weighted by atomic mass is 16.3. The van der Waals surface area contributed by atoms with E-state index < -0.39 is 0 Å². The lowest BCUT2D eigenvalue weighted by Gasteiger charge is -2.31. The van der Waals surface area contributed by atoms with Crippen LogP contribution in [0.2, 0.25) is 0 Å². The molecule has 1 aliphatic rings. The monoisotopic (exact) mass is 206 g/mol. The molecule has 1 heterocycles. The average molecular weight is 206 g/mol. The van der Waals surface area contributed by atoms with Gasteiger partial charge in [0.25, 0.3) is 0 Å². The first-order valence-corrected chi connectivity index (χ1v) is 5.54. The van der Waals surface area contributed by atoms with Gasteiger partial charge in [0, 0.05) is 18.9 Å². The van der Waals surface area contributed by atoms with Crippen molar-refractivity contribution in [2.75, 3.05) is 6.54 Å². The molecule has 82 valence electrons. The van der Waals surface area contributed by atoms with Crippen LogP contribution in [0.3, 0.4) is 0 Å². The second-order valence-corrected chi connectivity index (χ2v) is 4.42. The number of aliphatic hydroxyl groups is 1. The van der Waals surface area contributed by atoms with Gasteiger partial charge >= 0.3 is 0 Å². The summed E-state index contributed by atoms with van der Waals surface area (Å²) < 4.78 is 0. The first-order chi connectivity index (χ1) is 7.25. The van der Waals surface area contributed by atoms with Crippen molar-refractivity contribution in [2.45, 2.75) is 32.4 Å². The van der Waals surface area contributed by atoms with Crippen molar-refractivity contribution in [3.63, 3.8) is 0 Å².